The van der Waals surface area contributed by atoms with Gasteiger partial charge in [-0.15, -0.1) is 5.10 Å². The molecule has 0 aliphatic carbocycles. The zero-order valence-electron chi connectivity index (χ0n) is 16.0. The number of anilines is 4. The minimum atomic E-state index is 0.417. The van der Waals surface area contributed by atoms with Crippen molar-refractivity contribution in [2.75, 3.05) is 10.6 Å². The topological polar surface area (TPSA) is 72.0 Å². The first kappa shape index (κ1) is 18.4. The molecule has 0 amide bonds. The lowest BCUT2D eigenvalue weighted by molar-refractivity contribution is 0.483. The van der Waals surface area contributed by atoms with E-state index in [-0.39, 0.29) is 0 Å². The summed E-state index contributed by atoms with van der Waals surface area (Å²) in [6.07, 6.45) is 2.54. The van der Waals surface area contributed by atoms with Crippen molar-refractivity contribution in [2.45, 2.75) is 13.3 Å². The second-order valence-corrected chi connectivity index (χ2v) is 6.37. The van der Waals surface area contributed by atoms with Crippen LogP contribution in [0.3, 0.4) is 0 Å². The van der Waals surface area contributed by atoms with Gasteiger partial charge in [-0.2, -0.15) is 10.1 Å². The van der Waals surface area contributed by atoms with Gasteiger partial charge in [0.25, 0.3) is 0 Å². The van der Waals surface area contributed by atoms with Crippen LogP contribution in [0.5, 0.6) is 11.5 Å². The van der Waals surface area contributed by atoms with Gasteiger partial charge in [-0.05, 0) is 54.4 Å². The summed E-state index contributed by atoms with van der Waals surface area (Å²) in [5, 5.41) is 14.6. The van der Waals surface area contributed by atoms with Crippen LogP contribution in [0.1, 0.15) is 12.5 Å². The first-order valence-corrected chi connectivity index (χ1v) is 9.45. The Morgan fingerprint density at radius 2 is 1.52 bits per heavy atom. The highest BCUT2D eigenvalue weighted by atomic mass is 16.5. The Hall–Kier alpha value is -3.93. The van der Waals surface area contributed by atoms with E-state index in [4.69, 9.17) is 4.74 Å². The van der Waals surface area contributed by atoms with Crippen LogP contribution in [0.15, 0.2) is 85.1 Å². The number of benzene rings is 3. The Balaban J connectivity index is 1.44. The Kier molecular flexibility index (Phi) is 5.62. The van der Waals surface area contributed by atoms with Crippen LogP contribution in [0, 0.1) is 0 Å². The normalized spacial score (nSPS) is 10.4. The number of ether oxygens (including phenoxy) is 1. The Labute approximate surface area is 169 Å². The fourth-order valence-electron chi connectivity index (χ4n) is 2.87. The monoisotopic (exact) mass is 383 g/mol. The maximum absolute atomic E-state index is 5.81. The molecule has 0 spiro atoms. The number of hydrogen-bond acceptors (Lipinski definition) is 6. The van der Waals surface area contributed by atoms with E-state index in [1.165, 1.54) is 5.56 Å². The third kappa shape index (κ3) is 4.87. The molecule has 0 atom stereocenters. The van der Waals surface area contributed by atoms with Crippen molar-refractivity contribution in [1.82, 2.24) is 15.2 Å². The highest BCUT2D eigenvalue weighted by Crippen LogP contribution is 2.24. The van der Waals surface area contributed by atoms with Gasteiger partial charge in [0.15, 0.2) is 5.82 Å². The first-order valence-electron chi connectivity index (χ1n) is 9.45. The van der Waals surface area contributed by atoms with Gasteiger partial charge in [0, 0.05) is 11.4 Å². The third-order valence-electron chi connectivity index (χ3n) is 4.31. The SMILES string of the molecule is CCc1ccccc1Nc1cnnc(Nc2ccc(Oc3ccccc3)cc2)n1. The lowest BCUT2D eigenvalue weighted by Gasteiger charge is -2.11. The summed E-state index contributed by atoms with van der Waals surface area (Å²) in [6.45, 7) is 2.12. The van der Waals surface area contributed by atoms with E-state index in [1.54, 1.807) is 6.20 Å². The summed E-state index contributed by atoms with van der Waals surface area (Å²) in [4.78, 5) is 4.50. The molecule has 6 nitrogen and oxygen atoms in total. The summed E-state index contributed by atoms with van der Waals surface area (Å²) in [7, 11) is 0. The number of nitrogens with one attached hydrogen (secondary N) is 2. The summed E-state index contributed by atoms with van der Waals surface area (Å²) in [6, 6.07) is 25.4. The van der Waals surface area contributed by atoms with Crippen LogP contribution < -0.4 is 15.4 Å². The van der Waals surface area contributed by atoms with Crippen molar-refractivity contribution in [2.24, 2.45) is 0 Å². The minimum absolute atomic E-state index is 0.417. The summed E-state index contributed by atoms with van der Waals surface area (Å²) in [5.74, 6) is 2.60. The third-order valence-corrected chi connectivity index (χ3v) is 4.31. The van der Waals surface area contributed by atoms with Crippen LogP contribution in [0.2, 0.25) is 0 Å². The molecule has 0 radical (unpaired) electrons. The zero-order chi connectivity index (χ0) is 19.9. The van der Waals surface area contributed by atoms with E-state index in [0.717, 1.165) is 29.3 Å². The second-order valence-electron chi connectivity index (χ2n) is 6.37. The number of hydrogen-bond donors (Lipinski definition) is 2. The maximum Gasteiger partial charge on any atom is 0.249 e. The van der Waals surface area contributed by atoms with E-state index in [2.05, 4.69) is 38.8 Å². The molecular weight excluding hydrogens is 362 g/mol. The summed E-state index contributed by atoms with van der Waals surface area (Å²) in [5.41, 5.74) is 3.08. The first-order chi connectivity index (χ1) is 14.3. The lowest BCUT2D eigenvalue weighted by Crippen LogP contribution is -2.03. The highest BCUT2D eigenvalue weighted by molar-refractivity contribution is 5.62. The molecule has 144 valence electrons. The molecule has 6 heteroatoms. The zero-order valence-corrected chi connectivity index (χ0v) is 16.0. The van der Waals surface area contributed by atoms with Crippen molar-refractivity contribution < 1.29 is 4.74 Å². The van der Waals surface area contributed by atoms with E-state index < -0.39 is 0 Å². The molecule has 0 bridgehead atoms. The standard InChI is InChI=1S/C23H21N5O/c1-2-17-8-6-7-11-21(17)26-22-16-24-28-23(27-22)25-18-12-14-20(15-13-18)29-19-9-4-3-5-10-19/h3-16H,2H2,1H3,(H2,25,26,27,28). The number of nitrogens with zero attached hydrogens (tertiary/aromatic N) is 3. The van der Waals surface area contributed by atoms with Crippen LogP contribution in [-0.2, 0) is 6.42 Å². The second kappa shape index (κ2) is 8.84. The van der Waals surface area contributed by atoms with Gasteiger partial charge >= 0.3 is 0 Å². The van der Waals surface area contributed by atoms with Gasteiger partial charge in [-0.25, -0.2) is 0 Å². The largest absolute Gasteiger partial charge is 0.457 e. The van der Waals surface area contributed by atoms with Crippen molar-refractivity contribution in [3.63, 3.8) is 0 Å². The van der Waals surface area contributed by atoms with Gasteiger partial charge in [0.05, 0.1) is 6.20 Å². The van der Waals surface area contributed by atoms with Crippen molar-refractivity contribution in [1.29, 1.82) is 0 Å². The van der Waals surface area contributed by atoms with Gasteiger partial charge in [-0.3, -0.25) is 0 Å². The van der Waals surface area contributed by atoms with Gasteiger partial charge in [-0.1, -0.05) is 43.3 Å². The molecule has 3 aromatic carbocycles. The highest BCUT2D eigenvalue weighted by Gasteiger charge is 2.05. The van der Waals surface area contributed by atoms with Crippen LogP contribution >= 0.6 is 0 Å². The molecule has 0 unspecified atom stereocenters. The molecule has 0 saturated heterocycles. The molecule has 4 aromatic rings. The summed E-state index contributed by atoms with van der Waals surface area (Å²) < 4.78 is 5.81. The minimum Gasteiger partial charge on any atom is -0.457 e. The molecule has 0 fully saturated rings. The van der Waals surface area contributed by atoms with Crippen molar-refractivity contribution in [3.05, 3.63) is 90.6 Å². The molecule has 29 heavy (non-hydrogen) atoms. The summed E-state index contributed by atoms with van der Waals surface area (Å²) >= 11 is 0. The number of aryl methyl sites for hydroxylation is 1. The fraction of sp³-hybridized carbons (Fsp3) is 0.0870. The fourth-order valence-corrected chi connectivity index (χ4v) is 2.87. The number of aromatic nitrogens is 3. The Bertz CT molecular complexity index is 1070. The van der Waals surface area contributed by atoms with E-state index >= 15 is 0 Å². The van der Waals surface area contributed by atoms with Crippen molar-refractivity contribution >= 4 is 23.1 Å². The number of para-hydroxylation sites is 2. The van der Waals surface area contributed by atoms with Crippen LogP contribution in [0.4, 0.5) is 23.1 Å². The predicted molar refractivity (Wildman–Crippen MR) is 115 cm³/mol. The van der Waals surface area contributed by atoms with Crippen molar-refractivity contribution in [3.8, 4) is 11.5 Å². The van der Waals surface area contributed by atoms with Gasteiger partial charge < -0.3 is 15.4 Å². The molecule has 4 rings (SSSR count). The smallest absolute Gasteiger partial charge is 0.249 e. The molecule has 2 N–H and O–H groups in total. The molecular formula is C23H21N5O. The molecule has 0 aliphatic rings. The van der Waals surface area contributed by atoms with E-state index in [1.807, 2.05) is 72.8 Å². The average Bonchev–Trinajstić information content (AvgIpc) is 2.77. The molecule has 1 aromatic heterocycles. The molecule has 1 heterocycles. The van der Waals surface area contributed by atoms with Gasteiger partial charge in [0.1, 0.15) is 11.5 Å². The Morgan fingerprint density at radius 3 is 2.31 bits per heavy atom. The average molecular weight is 383 g/mol. The maximum atomic E-state index is 5.81. The van der Waals surface area contributed by atoms with Gasteiger partial charge in [0.2, 0.25) is 5.95 Å². The van der Waals surface area contributed by atoms with E-state index in [9.17, 15) is 0 Å². The quantitative estimate of drug-likeness (QED) is 0.426. The van der Waals surface area contributed by atoms with Crippen LogP contribution in [-0.4, -0.2) is 15.2 Å². The molecule has 0 aliphatic heterocycles. The lowest BCUT2D eigenvalue weighted by atomic mass is 10.1. The molecule has 0 saturated carbocycles. The van der Waals surface area contributed by atoms with E-state index in [0.29, 0.717) is 11.8 Å². The predicted octanol–water partition coefficient (Wildman–Crippen LogP) is 5.71. The Morgan fingerprint density at radius 1 is 0.793 bits per heavy atom. The van der Waals surface area contributed by atoms with Crippen LogP contribution in [0.25, 0.3) is 0 Å². The number of rotatable bonds is 7.